The standard InChI is InChI=1S/C9H10BrNO3/c1-5-6(2-3-8(13)14)7(4-12)11-9(5)10/h4,11H,2-3H2,1H3,(H,13,14). The number of carboxylic acid groups (broad SMARTS) is 1. The van der Waals surface area contributed by atoms with E-state index in [1.807, 2.05) is 6.92 Å². The summed E-state index contributed by atoms with van der Waals surface area (Å²) in [6, 6.07) is 0. The highest BCUT2D eigenvalue weighted by Crippen LogP contribution is 2.23. The molecule has 0 bridgehead atoms. The van der Waals surface area contributed by atoms with Gasteiger partial charge >= 0.3 is 5.97 Å². The van der Waals surface area contributed by atoms with E-state index in [2.05, 4.69) is 20.9 Å². The van der Waals surface area contributed by atoms with Gasteiger partial charge in [-0.15, -0.1) is 0 Å². The van der Waals surface area contributed by atoms with E-state index in [4.69, 9.17) is 5.11 Å². The first-order valence-corrected chi connectivity index (χ1v) is 4.89. The Morgan fingerprint density at radius 3 is 2.79 bits per heavy atom. The third-order valence-electron chi connectivity index (χ3n) is 2.06. The lowest BCUT2D eigenvalue weighted by molar-refractivity contribution is -0.136. The van der Waals surface area contributed by atoms with Gasteiger partial charge in [0.15, 0.2) is 6.29 Å². The van der Waals surface area contributed by atoms with E-state index in [1.165, 1.54) is 0 Å². The van der Waals surface area contributed by atoms with Crippen molar-refractivity contribution in [1.82, 2.24) is 4.98 Å². The normalized spacial score (nSPS) is 10.1. The second kappa shape index (κ2) is 4.41. The van der Waals surface area contributed by atoms with Crippen LogP contribution in [-0.2, 0) is 11.2 Å². The van der Waals surface area contributed by atoms with Crippen LogP contribution in [0, 0.1) is 6.92 Å². The van der Waals surface area contributed by atoms with Crippen molar-refractivity contribution in [3.8, 4) is 0 Å². The minimum absolute atomic E-state index is 0.0337. The quantitative estimate of drug-likeness (QED) is 0.812. The summed E-state index contributed by atoms with van der Waals surface area (Å²) in [7, 11) is 0. The molecule has 1 aromatic heterocycles. The second-order valence-electron chi connectivity index (χ2n) is 2.97. The molecule has 0 atom stereocenters. The van der Waals surface area contributed by atoms with E-state index in [-0.39, 0.29) is 6.42 Å². The first-order chi connectivity index (χ1) is 6.56. The highest BCUT2D eigenvalue weighted by molar-refractivity contribution is 9.10. The van der Waals surface area contributed by atoms with Crippen molar-refractivity contribution in [1.29, 1.82) is 0 Å². The monoisotopic (exact) mass is 259 g/mol. The summed E-state index contributed by atoms with van der Waals surface area (Å²) in [6.45, 7) is 1.84. The molecule has 5 heteroatoms. The molecule has 0 radical (unpaired) electrons. The number of carbonyl (C=O) groups excluding carboxylic acids is 1. The lowest BCUT2D eigenvalue weighted by Crippen LogP contribution is -1.99. The van der Waals surface area contributed by atoms with Crippen molar-refractivity contribution in [3.63, 3.8) is 0 Å². The van der Waals surface area contributed by atoms with Gasteiger partial charge in [0.25, 0.3) is 0 Å². The lowest BCUT2D eigenvalue weighted by Gasteiger charge is -1.98. The molecule has 0 aliphatic carbocycles. The van der Waals surface area contributed by atoms with Crippen LogP contribution >= 0.6 is 15.9 Å². The Labute approximate surface area is 89.5 Å². The van der Waals surface area contributed by atoms with Crippen LogP contribution in [0.3, 0.4) is 0 Å². The number of nitrogens with one attached hydrogen (secondary N) is 1. The Bertz CT molecular complexity index is 370. The summed E-state index contributed by atoms with van der Waals surface area (Å²) in [4.78, 5) is 23.9. The smallest absolute Gasteiger partial charge is 0.303 e. The van der Waals surface area contributed by atoms with E-state index in [1.54, 1.807) is 0 Å². The summed E-state index contributed by atoms with van der Waals surface area (Å²) < 4.78 is 0.736. The van der Waals surface area contributed by atoms with Crippen LogP contribution in [-0.4, -0.2) is 22.3 Å². The molecule has 0 fully saturated rings. The molecule has 0 aliphatic heterocycles. The van der Waals surface area contributed by atoms with Crippen molar-refractivity contribution in [2.24, 2.45) is 0 Å². The average Bonchev–Trinajstić information content (AvgIpc) is 2.40. The predicted octanol–water partition coefficient (Wildman–Crippen LogP) is 1.92. The summed E-state index contributed by atoms with van der Waals surface area (Å²) in [6.07, 6.45) is 1.11. The zero-order chi connectivity index (χ0) is 10.7. The molecule has 2 N–H and O–H groups in total. The van der Waals surface area contributed by atoms with Gasteiger partial charge in [0.05, 0.1) is 10.3 Å². The number of aldehydes is 1. The lowest BCUT2D eigenvalue weighted by atomic mass is 10.1. The van der Waals surface area contributed by atoms with Crippen LogP contribution in [0.1, 0.15) is 28.0 Å². The molecule has 14 heavy (non-hydrogen) atoms. The molecule has 0 saturated heterocycles. The fourth-order valence-corrected chi connectivity index (χ4v) is 1.73. The minimum Gasteiger partial charge on any atom is -0.481 e. The van der Waals surface area contributed by atoms with Crippen molar-refractivity contribution in [2.45, 2.75) is 19.8 Å². The van der Waals surface area contributed by atoms with Gasteiger partial charge in [-0.25, -0.2) is 0 Å². The number of H-pyrrole nitrogens is 1. The van der Waals surface area contributed by atoms with Crippen molar-refractivity contribution in [2.75, 3.05) is 0 Å². The molecule has 4 nitrogen and oxygen atoms in total. The number of carbonyl (C=O) groups is 2. The van der Waals surface area contributed by atoms with Gasteiger partial charge in [-0.1, -0.05) is 0 Å². The topological polar surface area (TPSA) is 70.2 Å². The van der Waals surface area contributed by atoms with Gasteiger partial charge in [0.1, 0.15) is 0 Å². The summed E-state index contributed by atoms with van der Waals surface area (Å²) in [5, 5.41) is 8.53. The van der Waals surface area contributed by atoms with E-state index >= 15 is 0 Å². The zero-order valence-corrected chi connectivity index (χ0v) is 9.22. The van der Waals surface area contributed by atoms with Crippen molar-refractivity contribution < 1.29 is 14.7 Å². The predicted molar refractivity (Wildman–Crippen MR) is 54.6 cm³/mol. The molecule has 76 valence electrons. The number of rotatable bonds is 4. The Kier molecular flexibility index (Phi) is 3.46. The Hall–Kier alpha value is -1.10. The molecule has 0 spiro atoms. The molecule has 1 rings (SSSR count). The van der Waals surface area contributed by atoms with Crippen LogP contribution < -0.4 is 0 Å². The Balaban J connectivity index is 2.93. The third kappa shape index (κ3) is 2.23. The SMILES string of the molecule is Cc1c(Br)[nH]c(C=O)c1CCC(=O)O. The number of aromatic amines is 1. The maximum atomic E-state index is 10.6. The maximum absolute atomic E-state index is 10.6. The molecule has 0 unspecified atom stereocenters. The van der Waals surface area contributed by atoms with Crippen LogP contribution in [0.2, 0.25) is 0 Å². The van der Waals surface area contributed by atoms with Gasteiger partial charge in [-0.3, -0.25) is 9.59 Å². The molecular formula is C9H10BrNO3. The number of hydrogen-bond donors (Lipinski definition) is 2. The molecule has 1 aromatic rings. The van der Waals surface area contributed by atoms with E-state index < -0.39 is 5.97 Å². The fourth-order valence-electron chi connectivity index (χ4n) is 1.28. The highest BCUT2D eigenvalue weighted by atomic mass is 79.9. The largest absolute Gasteiger partial charge is 0.481 e. The van der Waals surface area contributed by atoms with Gasteiger partial charge in [0.2, 0.25) is 0 Å². The maximum Gasteiger partial charge on any atom is 0.303 e. The van der Waals surface area contributed by atoms with E-state index in [0.717, 1.165) is 15.7 Å². The first kappa shape index (κ1) is 11.0. The summed E-state index contributed by atoms with van der Waals surface area (Å²) in [5.74, 6) is -0.862. The number of halogens is 1. The molecule has 1 heterocycles. The van der Waals surface area contributed by atoms with E-state index in [9.17, 15) is 9.59 Å². The fraction of sp³-hybridized carbons (Fsp3) is 0.333. The van der Waals surface area contributed by atoms with Crippen molar-refractivity contribution >= 4 is 28.2 Å². The molecular weight excluding hydrogens is 250 g/mol. The molecule has 0 aromatic carbocycles. The van der Waals surface area contributed by atoms with Gasteiger partial charge in [-0.05, 0) is 40.4 Å². The third-order valence-corrected chi connectivity index (χ3v) is 2.85. The Morgan fingerprint density at radius 2 is 2.29 bits per heavy atom. The number of aliphatic carboxylic acids is 1. The molecule has 0 aliphatic rings. The van der Waals surface area contributed by atoms with Crippen LogP contribution in [0.4, 0.5) is 0 Å². The first-order valence-electron chi connectivity index (χ1n) is 4.10. The van der Waals surface area contributed by atoms with Crippen LogP contribution in [0.15, 0.2) is 4.60 Å². The van der Waals surface area contributed by atoms with Crippen molar-refractivity contribution in [3.05, 3.63) is 21.4 Å². The van der Waals surface area contributed by atoms with E-state index in [0.29, 0.717) is 18.4 Å². The minimum atomic E-state index is -0.862. The highest BCUT2D eigenvalue weighted by Gasteiger charge is 2.12. The number of hydrogen-bond acceptors (Lipinski definition) is 2. The van der Waals surface area contributed by atoms with Gasteiger partial charge in [-0.2, -0.15) is 0 Å². The molecule has 0 amide bonds. The van der Waals surface area contributed by atoms with Gasteiger partial charge < -0.3 is 10.1 Å². The Morgan fingerprint density at radius 1 is 1.64 bits per heavy atom. The average molecular weight is 260 g/mol. The summed E-state index contributed by atoms with van der Waals surface area (Å²) >= 11 is 3.25. The molecule has 0 saturated carbocycles. The van der Waals surface area contributed by atoms with Crippen LogP contribution in [0.5, 0.6) is 0 Å². The number of aromatic nitrogens is 1. The zero-order valence-electron chi connectivity index (χ0n) is 7.63. The summed E-state index contributed by atoms with van der Waals surface area (Å²) in [5.41, 5.74) is 2.12. The van der Waals surface area contributed by atoms with Crippen LogP contribution in [0.25, 0.3) is 0 Å². The van der Waals surface area contributed by atoms with Gasteiger partial charge in [0, 0.05) is 6.42 Å². The number of carboxylic acids is 1. The second-order valence-corrected chi connectivity index (χ2v) is 3.76.